The van der Waals surface area contributed by atoms with E-state index in [0.29, 0.717) is 68.5 Å². The molecular weight excluding hydrogens is 493 g/mol. The molecule has 0 fully saturated rings. The third-order valence-electron chi connectivity index (χ3n) is 4.86. The highest BCUT2D eigenvalue weighted by Crippen LogP contribution is 2.48. The zero-order valence-corrected chi connectivity index (χ0v) is 21.1. The number of hydrogen-bond donors (Lipinski definition) is 1. The summed E-state index contributed by atoms with van der Waals surface area (Å²) in [7, 11) is 1.58. The molecule has 0 radical (unpaired) electrons. The van der Waals surface area contributed by atoms with Gasteiger partial charge < -0.3 is 29.0 Å². The number of halogens is 2. The number of aromatic nitrogens is 2. The van der Waals surface area contributed by atoms with Crippen molar-refractivity contribution >= 4 is 45.6 Å². The van der Waals surface area contributed by atoms with Crippen LogP contribution in [0.15, 0.2) is 24.5 Å². The monoisotopic (exact) mass is 517 g/mol. The van der Waals surface area contributed by atoms with Gasteiger partial charge in [0.1, 0.15) is 35.9 Å². The Morgan fingerprint density at radius 1 is 1.17 bits per heavy atom. The fraction of sp³-hybridized carbons (Fsp3) is 0.360. The molecular formula is C25H25Cl2N3O5. The van der Waals surface area contributed by atoms with Crippen LogP contribution in [0.5, 0.6) is 23.0 Å². The van der Waals surface area contributed by atoms with Gasteiger partial charge in [-0.2, -0.15) is 0 Å². The van der Waals surface area contributed by atoms with Crippen LogP contribution in [0.3, 0.4) is 0 Å². The first-order valence-electron chi connectivity index (χ1n) is 11.0. The van der Waals surface area contributed by atoms with E-state index >= 15 is 0 Å². The van der Waals surface area contributed by atoms with Gasteiger partial charge >= 0.3 is 0 Å². The average molecular weight is 518 g/mol. The van der Waals surface area contributed by atoms with Crippen LogP contribution in [0, 0.1) is 11.8 Å². The molecule has 1 N–H and O–H groups in total. The lowest BCUT2D eigenvalue weighted by Crippen LogP contribution is -2.08. The first kappa shape index (κ1) is 25.0. The van der Waals surface area contributed by atoms with E-state index in [1.165, 1.54) is 6.33 Å². The molecule has 1 aliphatic rings. The van der Waals surface area contributed by atoms with Crippen molar-refractivity contribution < 1.29 is 23.7 Å². The molecule has 0 unspecified atom stereocenters. The highest BCUT2D eigenvalue weighted by atomic mass is 35.5. The third kappa shape index (κ3) is 5.76. The molecule has 0 spiro atoms. The van der Waals surface area contributed by atoms with Crippen molar-refractivity contribution in [1.29, 1.82) is 0 Å². The molecule has 2 heterocycles. The third-order valence-corrected chi connectivity index (χ3v) is 5.43. The molecule has 35 heavy (non-hydrogen) atoms. The fourth-order valence-electron chi connectivity index (χ4n) is 3.47. The van der Waals surface area contributed by atoms with Gasteiger partial charge in [-0.1, -0.05) is 23.4 Å². The SMILES string of the molecule is COCC#Cc1cc(Cl)c(Nc2ncnc3cc(OCCCCl)cc(OC(C)C)c23)c2c1OCO2. The first-order chi connectivity index (χ1) is 17.0. The molecule has 2 aromatic carbocycles. The molecule has 0 bridgehead atoms. The van der Waals surface area contributed by atoms with Crippen LogP contribution < -0.4 is 24.3 Å². The predicted octanol–water partition coefficient (Wildman–Crippen LogP) is 5.55. The number of anilines is 2. The summed E-state index contributed by atoms with van der Waals surface area (Å²) in [5.74, 6) is 9.11. The summed E-state index contributed by atoms with van der Waals surface area (Å²) in [5, 5.41) is 4.37. The maximum Gasteiger partial charge on any atom is 0.231 e. The van der Waals surface area contributed by atoms with Crippen molar-refractivity contribution in [2.45, 2.75) is 26.4 Å². The topological polar surface area (TPSA) is 84.0 Å². The molecule has 0 saturated carbocycles. The van der Waals surface area contributed by atoms with Crippen LogP contribution in [0.4, 0.5) is 11.5 Å². The predicted molar refractivity (Wildman–Crippen MR) is 136 cm³/mol. The number of nitrogens with zero attached hydrogens (tertiary/aromatic N) is 2. The maximum absolute atomic E-state index is 6.64. The lowest BCUT2D eigenvalue weighted by Gasteiger charge is -2.18. The van der Waals surface area contributed by atoms with Crippen molar-refractivity contribution in [3.8, 4) is 34.8 Å². The number of benzene rings is 2. The normalized spacial score (nSPS) is 11.9. The van der Waals surface area contributed by atoms with Gasteiger partial charge in [0.05, 0.1) is 34.2 Å². The maximum atomic E-state index is 6.64. The summed E-state index contributed by atoms with van der Waals surface area (Å²) in [4.78, 5) is 8.90. The summed E-state index contributed by atoms with van der Waals surface area (Å²) >= 11 is 12.4. The van der Waals surface area contributed by atoms with Crippen molar-refractivity contribution in [2.24, 2.45) is 0 Å². The smallest absolute Gasteiger partial charge is 0.231 e. The largest absolute Gasteiger partial charge is 0.493 e. The van der Waals surface area contributed by atoms with Gasteiger partial charge in [-0.25, -0.2) is 9.97 Å². The molecule has 0 amide bonds. The lowest BCUT2D eigenvalue weighted by atomic mass is 10.1. The Bertz CT molecular complexity index is 1270. The number of rotatable bonds is 9. The van der Waals surface area contributed by atoms with Crippen molar-refractivity contribution in [2.75, 3.05) is 38.3 Å². The summed E-state index contributed by atoms with van der Waals surface area (Å²) in [6, 6.07) is 5.38. The van der Waals surface area contributed by atoms with Gasteiger partial charge in [0, 0.05) is 25.1 Å². The van der Waals surface area contributed by atoms with E-state index in [9.17, 15) is 0 Å². The minimum absolute atomic E-state index is 0.0541. The molecule has 1 aromatic heterocycles. The van der Waals surface area contributed by atoms with E-state index in [-0.39, 0.29) is 19.5 Å². The van der Waals surface area contributed by atoms with Gasteiger partial charge in [0.25, 0.3) is 0 Å². The summed E-state index contributed by atoms with van der Waals surface area (Å²) in [6.45, 7) is 4.73. The number of nitrogens with one attached hydrogen (secondary N) is 1. The van der Waals surface area contributed by atoms with Gasteiger partial charge in [-0.15, -0.1) is 11.6 Å². The van der Waals surface area contributed by atoms with Crippen molar-refractivity contribution in [1.82, 2.24) is 9.97 Å². The summed E-state index contributed by atoms with van der Waals surface area (Å²) in [6.07, 6.45) is 2.11. The Morgan fingerprint density at radius 3 is 2.77 bits per heavy atom. The van der Waals surface area contributed by atoms with Gasteiger partial charge in [-0.05, 0) is 26.3 Å². The Kier molecular flexibility index (Phi) is 8.24. The summed E-state index contributed by atoms with van der Waals surface area (Å²) < 4.78 is 28.4. The van der Waals surface area contributed by atoms with Gasteiger partial charge in [0.15, 0.2) is 11.5 Å². The van der Waals surface area contributed by atoms with Crippen LogP contribution in [-0.4, -0.2) is 49.1 Å². The first-order valence-corrected chi connectivity index (χ1v) is 11.9. The Balaban J connectivity index is 1.77. The zero-order chi connectivity index (χ0) is 24.8. The van der Waals surface area contributed by atoms with E-state index in [0.717, 1.165) is 6.42 Å². The second kappa shape index (κ2) is 11.5. The Morgan fingerprint density at radius 2 is 2.00 bits per heavy atom. The van der Waals surface area contributed by atoms with Crippen LogP contribution in [0.25, 0.3) is 10.9 Å². The van der Waals surface area contributed by atoms with Crippen molar-refractivity contribution in [3.05, 3.63) is 35.1 Å². The zero-order valence-electron chi connectivity index (χ0n) is 19.6. The number of hydrogen-bond acceptors (Lipinski definition) is 8. The molecule has 8 nitrogen and oxygen atoms in total. The van der Waals surface area contributed by atoms with Crippen LogP contribution in [-0.2, 0) is 4.74 Å². The van der Waals surface area contributed by atoms with Crippen LogP contribution >= 0.6 is 23.2 Å². The molecule has 0 aliphatic carbocycles. The molecule has 3 aromatic rings. The lowest BCUT2D eigenvalue weighted by molar-refractivity contribution is 0.174. The molecule has 0 atom stereocenters. The highest BCUT2D eigenvalue weighted by molar-refractivity contribution is 6.34. The second-order valence-electron chi connectivity index (χ2n) is 7.80. The van der Waals surface area contributed by atoms with Crippen LogP contribution in [0.1, 0.15) is 25.8 Å². The van der Waals surface area contributed by atoms with E-state index in [2.05, 4.69) is 27.1 Å². The quantitative estimate of drug-likeness (QED) is 0.224. The molecule has 1 aliphatic heterocycles. The van der Waals surface area contributed by atoms with E-state index in [4.69, 9.17) is 46.9 Å². The number of fused-ring (bicyclic) bond motifs is 2. The highest BCUT2D eigenvalue weighted by Gasteiger charge is 2.26. The molecule has 184 valence electrons. The van der Waals surface area contributed by atoms with E-state index in [1.54, 1.807) is 13.2 Å². The van der Waals surface area contributed by atoms with Gasteiger partial charge in [0.2, 0.25) is 6.79 Å². The molecule has 10 heteroatoms. The fourth-order valence-corrected chi connectivity index (χ4v) is 3.82. The minimum Gasteiger partial charge on any atom is -0.493 e. The Hall–Kier alpha value is -3.12. The van der Waals surface area contributed by atoms with Crippen molar-refractivity contribution in [3.63, 3.8) is 0 Å². The average Bonchev–Trinajstić information content (AvgIpc) is 3.31. The number of methoxy groups -OCH3 is 1. The standard InChI is InChI=1S/C25H25Cl2N3O5/c1-15(2)35-20-12-17(32-9-5-7-26)11-19-21(20)25(29-13-28-19)30-22-18(27)10-16(6-4-8-31-3)23-24(22)34-14-33-23/h10-13,15H,5,7-9,14H2,1-3H3,(H,28,29,30). The number of ether oxygens (including phenoxy) is 5. The van der Waals surface area contributed by atoms with Gasteiger partial charge in [-0.3, -0.25) is 0 Å². The molecule has 0 saturated heterocycles. The minimum atomic E-state index is -0.0844. The number of alkyl halides is 1. The summed E-state index contributed by atoms with van der Waals surface area (Å²) in [5.41, 5.74) is 1.77. The van der Waals surface area contributed by atoms with Crippen LogP contribution in [0.2, 0.25) is 5.02 Å². The second-order valence-corrected chi connectivity index (χ2v) is 8.59. The molecule has 4 rings (SSSR count). The van der Waals surface area contributed by atoms with E-state index < -0.39 is 0 Å². The Labute approximate surface area is 213 Å². The van der Waals surface area contributed by atoms with E-state index in [1.807, 2.05) is 26.0 Å².